The van der Waals surface area contributed by atoms with Gasteiger partial charge < -0.3 is 10.6 Å². The summed E-state index contributed by atoms with van der Waals surface area (Å²) in [5.74, 6) is 0.330. The SMILES string of the molecule is O=C(Cc1cc(-c2cccc(NCc3ccncc3)c2)c(Cl)cn1)[C@@H]1CCCNC1. The average molecular weight is 421 g/mol. The molecule has 1 aliphatic rings. The molecule has 1 aromatic carbocycles. The molecule has 4 rings (SSSR count). The van der Waals surface area contributed by atoms with E-state index in [4.69, 9.17) is 11.6 Å². The number of aromatic nitrogens is 2. The molecule has 154 valence electrons. The normalized spacial score (nSPS) is 16.2. The van der Waals surface area contributed by atoms with Gasteiger partial charge in [0.15, 0.2) is 0 Å². The highest BCUT2D eigenvalue weighted by atomic mass is 35.5. The lowest BCUT2D eigenvalue weighted by Gasteiger charge is -2.21. The van der Waals surface area contributed by atoms with E-state index < -0.39 is 0 Å². The molecule has 1 atom stereocenters. The first-order valence-electron chi connectivity index (χ1n) is 10.3. The van der Waals surface area contributed by atoms with Crippen molar-refractivity contribution in [2.24, 2.45) is 5.92 Å². The van der Waals surface area contributed by atoms with Crippen molar-refractivity contribution in [3.05, 3.63) is 77.3 Å². The summed E-state index contributed by atoms with van der Waals surface area (Å²) < 4.78 is 0. The van der Waals surface area contributed by atoms with Gasteiger partial charge in [0.2, 0.25) is 0 Å². The van der Waals surface area contributed by atoms with E-state index in [0.29, 0.717) is 18.0 Å². The number of hydrogen-bond donors (Lipinski definition) is 2. The number of pyridine rings is 2. The maximum Gasteiger partial charge on any atom is 0.143 e. The van der Waals surface area contributed by atoms with Crippen LogP contribution in [0.1, 0.15) is 24.1 Å². The number of benzene rings is 1. The standard InChI is InChI=1S/C24H25ClN4O/c25-23-16-29-21(13-24(30)19-4-2-8-27-15-19)12-22(23)18-3-1-5-20(11-18)28-14-17-6-9-26-10-7-17/h1,3,5-7,9-12,16,19,27-28H,2,4,8,13-15H2/t19-/m1/s1. The van der Waals surface area contributed by atoms with Gasteiger partial charge in [0.1, 0.15) is 5.78 Å². The zero-order chi connectivity index (χ0) is 20.8. The Bertz CT molecular complexity index is 1000. The maximum absolute atomic E-state index is 12.6. The molecule has 0 unspecified atom stereocenters. The molecule has 1 saturated heterocycles. The van der Waals surface area contributed by atoms with E-state index in [1.165, 1.54) is 0 Å². The van der Waals surface area contributed by atoms with Gasteiger partial charge in [-0.05, 0) is 60.8 Å². The summed E-state index contributed by atoms with van der Waals surface area (Å²) in [6, 6.07) is 14.0. The fraction of sp³-hybridized carbons (Fsp3) is 0.292. The molecule has 0 radical (unpaired) electrons. The van der Waals surface area contributed by atoms with E-state index in [9.17, 15) is 4.79 Å². The zero-order valence-corrected chi connectivity index (χ0v) is 17.5. The second-order valence-corrected chi connectivity index (χ2v) is 8.04. The quantitative estimate of drug-likeness (QED) is 0.588. The van der Waals surface area contributed by atoms with E-state index >= 15 is 0 Å². The average Bonchev–Trinajstić information content (AvgIpc) is 2.80. The fourth-order valence-electron chi connectivity index (χ4n) is 3.75. The number of carbonyl (C=O) groups is 1. The molecule has 1 aliphatic heterocycles. The van der Waals surface area contributed by atoms with Crippen molar-refractivity contribution in [3.63, 3.8) is 0 Å². The topological polar surface area (TPSA) is 66.9 Å². The van der Waals surface area contributed by atoms with E-state index in [1.54, 1.807) is 18.6 Å². The van der Waals surface area contributed by atoms with Crippen LogP contribution in [0.2, 0.25) is 5.02 Å². The van der Waals surface area contributed by atoms with Crippen molar-refractivity contribution in [2.45, 2.75) is 25.8 Å². The largest absolute Gasteiger partial charge is 0.381 e. The Morgan fingerprint density at radius 2 is 2.07 bits per heavy atom. The van der Waals surface area contributed by atoms with E-state index in [1.807, 2.05) is 36.4 Å². The number of piperidine rings is 1. The van der Waals surface area contributed by atoms with Gasteiger partial charge in [-0.15, -0.1) is 0 Å². The van der Waals surface area contributed by atoms with Crippen molar-refractivity contribution in [1.29, 1.82) is 0 Å². The number of Topliss-reactive ketones (excluding diaryl/α,β-unsaturated/α-hetero) is 1. The number of anilines is 1. The van der Waals surface area contributed by atoms with Crippen LogP contribution in [0.3, 0.4) is 0 Å². The van der Waals surface area contributed by atoms with Crippen LogP contribution in [-0.4, -0.2) is 28.8 Å². The fourth-order valence-corrected chi connectivity index (χ4v) is 3.96. The summed E-state index contributed by atoms with van der Waals surface area (Å²) >= 11 is 6.46. The summed E-state index contributed by atoms with van der Waals surface area (Å²) in [6.45, 7) is 2.48. The van der Waals surface area contributed by atoms with Crippen LogP contribution in [0.4, 0.5) is 5.69 Å². The third-order valence-electron chi connectivity index (χ3n) is 5.44. The van der Waals surface area contributed by atoms with Crippen LogP contribution < -0.4 is 10.6 Å². The molecule has 3 heterocycles. The van der Waals surface area contributed by atoms with Crippen molar-refractivity contribution < 1.29 is 4.79 Å². The van der Waals surface area contributed by atoms with E-state index in [2.05, 4.69) is 26.7 Å². The Kier molecular flexibility index (Phi) is 6.72. The number of nitrogens with one attached hydrogen (secondary N) is 2. The molecule has 30 heavy (non-hydrogen) atoms. The monoisotopic (exact) mass is 420 g/mol. The van der Waals surface area contributed by atoms with Crippen LogP contribution in [-0.2, 0) is 17.8 Å². The Morgan fingerprint density at radius 1 is 1.20 bits per heavy atom. The highest BCUT2D eigenvalue weighted by Crippen LogP contribution is 2.30. The zero-order valence-electron chi connectivity index (χ0n) is 16.8. The molecule has 5 nitrogen and oxygen atoms in total. The first kappa shape index (κ1) is 20.5. The number of halogens is 1. The molecule has 0 aliphatic carbocycles. The second-order valence-electron chi connectivity index (χ2n) is 7.63. The highest BCUT2D eigenvalue weighted by Gasteiger charge is 2.21. The minimum atomic E-state index is 0.0837. The Morgan fingerprint density at radius 3 is 2.87 bits per heavy atom. The van der Waals surface area contributed by atoms with Crippen LogP contribution >= 0.6 is 11.6 Å². The van der Waals surface area contributed by atoms with Gasteiger partial charge in [-0.2, -0.15) is 0 Å². The molecule has 1 fully saturated rings. The van der Waals surface area contributed by atoms with Gasteiger partial charge >= 0.3 is 0 Å². The lowest BCUT2D eigenvalue weighted by Crippen LogP contribution is -2.35. The van der Waals surface area contributed by atoms with Crippen LogP contribution in [0.15, 0.2) is 61.1 Å². The molecule has 6 heteroatoms. The number of rotatable bonds is 7. The first-order valence-corrected chi connectivity index (χ1v) is 10.7. The third kappa shape index (κ3) is 5.23. The van der Waals surface area contributed by atoms with E-state index in [-0.39, 0.29) is 11.7 Å². The molecular weight excluding hydrogens is 396 g/mol. The lowest BCUT2D eigenvalue weighted by molar-refractivity contribution is -0.122. The molecule has 3 aromatic rings. The molecule has 2 N–H and O–H groups in total. The molecule has 2 aromatic heterocycles. The molecule has 0 bridgehead atoms. The number of ketones is 1. The van der Waals surface area contributed by atoms with Gasteiger partial charge in [0, 0.05) is 61.0 Å². The van der Waals surface area contributed by atoms with Crippen LogP contribution in [0.5, 0.6) is 0 Å². The van der Waals surface area contributed by atoms with Gasteiger partial charge in [-0.1, -0.05) is 23.7 Å². The minimum absolute atomic E-state index is 0.0837. The summed E-state index contributed by atoms with van der Waals surface area (Å²) in [7, 11) is 0. The number of hydrogen-bond acceptors (Lipinski definition) is 5. The molecular formula is C24H25ClN4O. The maximum atomic E-state index is 12.6. The summed E-state index contributed by atoms with van der Waals surface area (Å²) in [5.41, 5.74) is 4.82. The molecule has 0 spiro atoms. The first-order chi connectivity index (χ1) is 14.7. The Hall–Kier alpha value is -2.76. The van der Waals surface area contributed by atoms with Gasteiger partial charge in [0.25, 0.3) is 0 Å². The summed E-state index contributed by atoms with van der Waals surface area (Å²) in [6.07, 6.45) is 7.57. The van der Waals surface area contributed by atoms with Crippen molar-refractivity contribution in [3.8, 4) is 11.1 Å². The summed E-state index contributed by atoms with van der Waals surface area (Å²) in [4.78, 5) is 21.1. The van der Waals surface area contributed by atoms with Crippen LogP contribution in [0.25, 0.3) is 11.1 Å². The molecule has 0 amide bonds. The summed E-state index contributed by atoms with van der Waals surface area (Å²) in [5, 5.41) is 7.32. The van der Waals surface area contributed by atoms with Gasteiger partial charge in [-0.3, -0.25) is 14.8 Å². The number of carbonyl (C=O) groups excluding carboxylic acids is 1. The predicted octanol–water partition coefficient (Wildman–Crippen LogP) is 4.52. The molecule has 0 saturated carbocycles. The Labute approximate surface area is 181 Å². The van der Waals surface area contributed by atoms with Crippen molar-refractivity contribution >= 4 is 23.1 Å². The highest BCUT2D eigenvalue weighted by molar-refractivity contribution is 6.33. The lowest BCUT2D eigenvalue weighted by atomic mass is 9.92. The predicted molar refractivity (Wildman–Crippen MR) is 121 cm³/mol. The van der Waals surface area contributed by atoms with Crippen molar-refractivity contribution in [2.75, 3.05) is 18.4 Å². The van der Waals surface area contributed by atoms with E-state index in [0.717, 1.165) is 54.0 Å². The van der Waals surface area contributed by atoms with Crippen LogP contribution in [0, 0.1) is 5.92 Å². The van der Waals surface area contributed by atoms with Gasteiger partial charge in [-0.25, -0.2) is 0 Å². The van der Waals surface area contributed by atoms with Crippen molar-refractivity contribution in [1.82, 2.24) is 15.3 Å². The second kappa shape index (κ2) is 9.83. The minimum Gasteiger partial charge on any atom is -0.381 e. The smallest absolute Gasteiger partial charge is 0.143 e. The van der Waals surface area contributed by atoms with Gasteiger partial charge in [0.05, 0.1) is 5.02 Å². The third-order valence-corrected chi connectivity index (χ3v) is 5.74. The number of nitrogens with zero attached hydrogens (tertiary/aromatic N) is 2. The Balaban J connectivity index is 1.49.